The third kappa shape index (κ3) is 7.81. The van der Waals surface area contributed by atoms with Crippen LogP contribution < -0.4 is 10.6 Å². The molecule has 0 aromatic carbocycles. The van der Waals surface area contributed by atoms with Gasteiger partial charge in [0.2, 0.25) is 0 Å². The fraction of sp³-hybridized carbons (Fsp3) is 0.778. The van der Waals surface area contributed by atoms with Crippen molar-refractivity contribution in [2.24, 2.45) is 17.8 Å². The van der Waals surface area contributed by atoms with E-state index >= 15 is 0 Å². The van der Waals surface area contributed by atoms with Crippen LogP contribution in [0.5, 0.6) is 0 Å². The molecule has 1 aromatic heterocycles. The molecule has 0 aliphatic carbocycles. The van der Waals surface area contributed by atoms with Crippen LogP contribution in [0.25, 0.3) is 0 Å². The number of aliphatic hydroxyl groups excluding tert-OH is 1. The van der Waals surface area contributed by atoms with Gasteiger partial charge in [-0.1, -0.05) is 20.8 Å². The van der Waals surface area contributed by atoms with E-state index in [1.807, 2.05) is 18.5 Å². The minimum absolute atomic E-state index is 0.137. The second-order valence-electron chi connectivity index (χ2n) is 7.31. The van der Waals surface area contributed by atoms with Gasteiger partial charge in [-0.05, 0) is 50.5 Å². The average molecular weight is 338 g/mol. The summed E-state index contributed by atoms with van der Waals surface area (Å²) in [6.45, 7) is 12.6. The van der Waals surface area contributed by atoms with E-state index < -0.39 is 0 Å². The first kappa shape index (κ1) is 20.5. The van der Waals surface area contributed by atoms with E-state index in [0.717, 1.165) is 30.8 Å². The second kappa shape index (κ2) is 10.3. The third-order valence-corrected chi connectivity index (χ3v) is 4.09. The summed E-state index contributed by atoms with van der Waals surface area (Å²) in [5.74, 6) is 1.19. The van der Waals surface area contributed by atoms with Gasteiger partial charge in [0.25, 0.3) is 0 Å². The summed E-state index contributed by atoms with van der Waals surface area (Å²) in [7, 11) is 0. The van der Waals surface area contributed by atoms with Crippen molar-refractivity contribution in [1.29, 1.82) is 0 Å². The van der Waals surface area contributed by atoms with Crippen LogP contribution in [-0.2, 0) is 6.54 Å². The van der Waals surface area contributed by atoms with E-state index in [9.17, 15) is 4.79 Å². The standard InChI is InChI=1S/C18H34N4O2/c1-13(2)8-17(6-7-23)11-20-18(24)19-10-14(3)12-22-16(5)9-15(4)21-22/h9,13-14,17,23H,6-8,10-12H2,1-5H3,(H2,19,20,24)/t14-,17-/m0/s1. The number of hydrogen-bond acceptors (Lipinski definition) is 3. The molecule has 0 aliphatic rings. The Morgan fingerprint density at radius 1 is 1.25 bits per heavy atom. The predicted octanol–water partition coefficient (Wildman–Crippen LogP) is 2.48. The molecule has 0 spiro atoms. The number of carbonyl (C=O) groups excluding carboxylic acids is 1. The fourth-order valence-electron chi connectivity index (χ4n) is 2.94. The Balaban J connectivity index is 2.30. The topological polar surface area (TPSA) is 79.2 Å². The van der Waals surface area contributed by atoms with Crippen molar-refractivity contribution in [3.63, 3.8) is 0 Å². The monoisotopic (exact) mass is 338 g/mol. The number of amides is 2. The van der Waals surface area contributed by atoms with Crippen LogP contribution in [-0.4, -0.2) is 40.6 Å². The molecule has 2 atom stereocenters. The minimum atomic E-state index is -0.137. The number of nitrogens with one attached hydrogen (secondary N) is 2. The average Bonchev–Trinajstić information content (AvgIpc) is 2.80. The third-order valence-electron chi connectivity index (χ3n) is 4.09. The van der Waals surface area contributed by atoms with E-state index in [2.05, 4.69) is 42.6 Å². The molecule has 1 heterocycles. The first-order chi connectivity index (χ1) is 11.3. The summed E-state index contributed by atoms with van der Waals surface area (Å²) >= 11 is 0. The number of urea groups is 1. The molecule has 3 N–H and O–H groups in total. The van der Waals surface area contributed by atoms with E-state index in [1.54, 1.807) is 0 Å². The smallest absolute Gasteiger partial charge is 0.314 e. The normalized spacial score (nSPS) is 13.8. The van der Waals surface area contributed by atoms with Crippen LogP contribution in [0, 0.1) is 31.6 Å². The Kier molecular flexibility index (Phi) is 8.82. The number of aryl methyl sites for hydroxylation is 2. The van der Waals surface area contributed by atoms with Gasteiger partial charge in [-0.25, -0.2) is 4.79 Å². The maximum Gasteiger partial charge on any atom is 0.314 e. The van der Waals surface area contributed by atoms with Crippen molar-refractivity contribution >= 4 is 6.03 Å². The molecule has 0 radical (unpaired) electrons. The Labute approximate surface area is 146 Å². The van der Waals surface area contributed by atoms with Crippen molar-refractivity contribution in [2.45, 2.75) is 54.0 Å². The van der Waals surface area contributed by atoms with Crippen molar-refractivity contribution in [1.82, 2.24) is 20.4 Å². The molecule has 0 saturated carbocycles. The lowest BCUT2D eigenvalue weighted by Gasteiger charge is -2.19. The van der Waals surface area contributed by atoms with Gasteiger partial charge in [0.15, 0.2) is 0 Å². The Morgan fingerprint density at radius 2 is 1.92 bits per heavy atom. The van der Waals surface area contributed by atoms with Crippen molar-refractivity contribution < 1.29 is 9.90 Å². The number of carbonyl (C=O) groups is 1. The molecule has 0 aliphatic heterocycles. The summed E-state index contributed by atoms with van der Waals surface area (Å²) in [4.78, 5) is 12.0. The summed E-state index contributed by atoms with van der Waals surface area (Å²) in [5, 5.41) is 19.4. The van der Waals surface area contributed by atoms with Crippen LogP contribution >= 0.6 is 0 Å². The summed E-state index contributed by atoms with van der Waals surface area (Å²) in [6, 6.07) is 1.92. The molecule has 0 saturated heterocycles. The predicted molar refractivity (Wildman–Crippen MR) is 96.9 cm³/mol. The van der Waals surface area contributed by atoms with Crippen molar-refractivity contribution in [3.05, 3.63) is 17.5 Å². The highest BCUT2D eigenvalue weighted by Gasteiger charge is 2.13. The van der Waals surface area contributed by atoms with E-state index in [-0.39, 0.29) is 12.6 Å². The van der Waals surface area contributed by atoms with Gasteiger partial charge in [-0.15, -0.1) is 0 Å². The van der Waals surface area contributed by atoms with Gasteiger partial charge in [0, 0.05) is 31.9 Å². The number of rotatable bonds is 10. The molecular weight excluding hydrogens is 304 g/mol. The molecule has 1 aromatic rings. The van der Waals surface area contributed by atoms with Gasteiger partial charge in [-0.3, -0.25) is 4.68 Å². The van der Waals surface area contributed by atoms with E-state index in [0.29, 0.717) is 30.8 Å². The zero-order valence-corrected chi connectivity index (χ0v) is 15.8. The van der Waals surface area contributed by atoms with Crippen LogP contribution in [0.15, 0.2) is 6.07 Å². The molecule has 138 valence electrons. The van der Waals surface area contributed by atoms with Crippen LogP contribution in [0.2, 0.25) is 0 Å². The second-order valence-corrected chi connectivity index (χ2v) is 7.31. The quantitative estimate of drug-likeness (QED) is 0.613. The lowest BCUT2D eigenvalue weighted by atomic mass is 9.94. The highest BCUT2D eigenvalue weighted by atomic mass is 16.3. The molecule has 0 bridgehead atoms. The molecule has 0 fully saturated rings. The summed E-state index contributed by atoms with van der Waals surface area (Å²) in [5.41, 5.74) is 2.16. The van der Waals surface area contributed by atoms with E-state index in [4.69, 9.17) is 5.11 Å². The molecule has 24 heavy (non-hydrogen) atoms. The Hall–Kier alpha value is -1.56. The molecule has 2 amide bonds. The lowest BCUT2D eigenvalue weighted by molar-refractivity contribution is 0.223. The van der Waals surface area contributed by atoms with Crippen LogP contribution in [0.1, 0.15) is 45.0 Å². The molecular formula is C18H34N4O2. The van der Waals surface area contributed by atoms with Gasteiger partial charge in [0.05, 0.1) is 5.69 Å². The van der Waals surface area contributed by atoms with Crippen molar-refractivity contribution in [3.8, 4) is 0 Å². The van der Waals surface area contributed by atoms with Crippen molar-refractivity contribution in [2.75, 3.05) is 19.7 Å². The number of hydrogen-bond donors (Lipinski definition) is 3. The van der Waals surface area contributed by atoms with Gasteiger partial charge >= 0.3 is 6.03 Å². The largest absolute Gasteiger partial charge is 0.396 e. The summed E-state index contributed by atoms with van der Waals surface area (Å²) in [6.07, 6.45) is 1.74. The highest BCUT2D eigenvalue weighted by Crippen LogP contribution is 2.14. The Bertz CT molecular complexity index is 499. The molecule has 6 heteroatoms. The Morgan fingerprint density at radius 3 is 2.46 bits per heavy atom. The number of aromatic nitrogens is 2. The molecule has 6 nitrogen and oxygen atoms in total. The highest BCUT2D eigenvalue weighted by molar-refractivity contribution is 5.73. The molecule has 1 rings (SSSR count). The zero-order valence-electron chi connectivity index (χ0n) is 15.8. The maximum atomic E-state index is 12.0. The first-order valence-electron chi connectivity index (χ1n) is 8.95. The van der Waals surface area contributed by atoms with Crippen LogP contribution in [0.3, 0.4) is 0 Å². The van der Waals surface area contributed by atoms with Gasteiger partial charge < -0.3 is 15.7 Å². The minimum Gasteiger partial charge on any atom is -0.396 e. The van der Waals surface area contributed by atoms with E-state index in [1.165, 1.54) is 0 Å². The lowest BCUT2D eigenvalue weighted by Crippen LogP contribution is -2.41. The summed E-state index contributed by atoms with van der Waals surface area (Å²) < 4.78 is 1.99. The SMILES string of the molecule is Cc1cc(C)n(C[C@@H](C)CNC(=O)NC[C@@H](CCO)CC(C)C)n1. The van der Waals surface area contributed by atoms with Gasteiger partial charge in [-0.2, -0.15) is 5.10 Å². The zero-order chi connectivity index (χ0) is 18.1. The van der Waals surface area contributed by atoms with Gasteiger partial charge in [0.1, 0.15) is 0 Å². The maximum absolute atomic E-state index is 12.0. The fourth-order valence-corrected chi connectivity index (χ4v) is 2.94. The number of aliphatic hydroxyl groups is 1. The molecule has 0 unspecified atom stereocenters. The van der Waals surface area contributed by atoms with Crippen LogP contribution in [0.4, 0.5) is 4.79 Å². The first-order valence-corrected chi connectivity index (χ1v) is 8.95. The number of nitrogens with zero attached hydrogens (tertiary/aromatic N) is 2.